The van der Waals surface area contributed by atoms with Gasteiger partial charge in [0.1, 0.15) is 5.82 Å². The molecule has 8 heteroatoms. The summed E-state index contributed by atoms with van der Waals surface area (Å²) >= 11 is 1.26. The monoisotopic (exact) mass is 394 g/mol. The highest BCUT2D eigenvalue weighted by Crippen LogP contribution is 2.18. The molecule has 2 N–H and O–H groups in total. The Kier molecular flexibility index (Phi) is 6.09. The van der Waals surface area contributed by atoms with E-state index in [2.05, 4.69) is 15.6 Å². The molecule has 3 aromatic rings. The minimum absolute atomic E-state index is 0.172. The van der Waals surface area contributed by atoms with Gasteiger partial charge in [-0.3, -0.25) is 14.9 Å². The van der Waals surface area contributed by atoms with E-state index in [9.17, 15) is 14.0 Å². The van der Waals surface area contributed by atoms with Gasteiger partial charge in [0.25, 0.3) is 5.91 Å². The zero-order valence-electron chi connectivity index (χ0n) is 14.6. The van der Waals surface area contributed by atoms with Crippen LogP contribution >= 0.6 is 11.3 Å². The molecule has 0 aliphatic rings. The summed E-state index contributed by atoms with van der Waals surface area (Å²) in [5.74, 6) is -0.957. The second kappa shape index (κ2) is 8.88. The third-order valence-electron chi connectivity index (χ3n) is 3.78. The molecule has 1 heterocycles. The van der Waals surface area contributed by atoms with Crippen molar-refractivity contribution < 1.29 is 14.0 Å². The third kappa shape index (κ3) is 5.22. The van der Waals surface area contributed by atoms with Gasteiger partial charge in [-0.05, 0) is 55.0 Å². The van der Waals surface area contributed by atoms with E-state index in [0.717, 1.165) is 0 Å². The SMILES string of the molecule is N#Cc1ccc(NC(=O)CCc2csc(NC(=O)c3ccc(F)cc3)n2)cc1. The standard InChI is InChI=1S/C20H15FN4O2S/c21-15-5-3-14(4-6-15)19(27)25-20-24-17(12-28-20)9-10-18(26)23-16-7-1-13(11-22)2-8-16/h1-8,12H,9-10H2,(H,23,26)(H,24,25,27). The quantitative estimate of drug-likeness (QED) is 0.661. The highest BCUT2D eigenvalue weighted by Gasteiger charge is 2.10. The Labute approximate surface area is 164 Å². The van der Waals surface area contributed by atoms with Crippen LogP contribution < -0.4 is 10.6 Å². The lowest BCUT2D eigenvalue weighted by atomic mass is 10.2. The van der Waals surface area contributed by atoms with Gasteiger partial charge < -0.3 is 5.32 Å². The van der Waals surface area contributed by atoms with Crippen LogP contribution in [0.1, 0.15) is 28.0 Å². The number of amides is 2. The van der Waals surface area contributed by atoms with Crippen LogP contribution in [0.3, 0.4) is 0 Å². The number of aromatic nitrogens is 1. The van der Waals surface area contributed by atoms with Crippen LogP contribution in [-0.2, 0) is 11.2 Å². The summed E-state index contributed by atoms with van der Waals surface area (Å²) in [6.07, 6.45) is 0.653. The molecule has 2 aromatic carbocycles. The summed E-state index contributed by atoms with van der Waals surface area (Å²) in [6, 6.07) is 13.8. The number of carbonyl (C=O) groups is 2. The summed E-state index contributed by atoms with van der Waals surface area (Å²) in [7, 11) is 0. The lowest BCUT2D eigenvalue weighted by molar-refractivity contribution is -0.116. The molecular weight excluding hydrogens is 379 g/mol. The number of anilines is 2. The third-order valence-corrected chi connectivity index (χ3v) is 4.59. The maximum absolute atomic E-state index is 12.9. The molecule has 0 bridgehead atoms. The van der Waals surface area contributed by atoms with Gasteiger partial charge in [0.05, 0.1) is 17.3 Å². The molecule has 0 unspecified atom stereocenters. The fraction of sp³-hybridized carbons (Fsp3) is 0.100. The number of nitrogens with one attached hydrogen (secondary N) is 2. The summed E-state index contributed by atoms with van der Waals surface area (Å²) in [5.41, 5.74) is 2.17. The predicted molar refractivity (Wildman–Crippen MR) is 105 cm³/mol. The highest BCUT2D eigenvalue weighted by molar-refractivity contribution is 7.14. The number of benzene rings is 2. The smallest absolute Gasteiger partial charge is 0.257 e. The Morgan fingerprint density at radius 1 is 1.07 bits per heavy atom. The number of nitrogens with zero attached hydrogens (tertiary/aromatic N) is 2. The first-order chi connectivity index (χ1) is 13.5. The number of halogens is 1. The maximum atomic E-state index is 12.9. The molecule has 3 rings (SSSR count). The van der Waals surface area contributed by atoms with Crippen molar-refractivity contribution >= 4 is 34.0 Å². The number of carbonyl (C=O) groups excluding carboxylic acids is 2. The molecule has 1 aromatic heterocycles. The summed E-state index contributed by atoms with van der Waals surface area (Å²) < 4.78 is 12.9. The van der Waals surface area contributed by atoms with Gasteiger partial charge in [-0.1, -0.05) is 0 Å². The van der Waals surface area contributed by atoms with Gasteiger partial charge in [0.15, 0.2) is 5.13 Å². The van der Waals surface area contributed by atoms with Crippen LogP contribution in [0.2, 0.25) is 0 Å². The molecule has 0 fully saturated rings. The second-order valence-electron chi connectivity index (χ2n) is 5.84. The van der Waals surface area contributed by atoms with Gasteiger partial charge >= 0.3 is 0 Å². The Balaban J connectivity index is 1.50. The second-order valence-corrected chi connectivity index (χ2v) is 6.70. The Bertz CT molecular complexity index is 1020. The first-order valence-electron chi connectivity index (χ1n) is 8.35. The molecule has 140 valence electrons. The van der Waals surface area contributed by atoms with Crippen molar-refractivity contribution in [3.05, 3.63) is 76.5 Å². The largest absolute Gasteiger partial charge is 0.326 e. The number of hydrogen-bond donors (Lipinski definition) is 2. The van der Waals surface area contributed by atoms with Gasteiger partial charge in [-0.2, -0.15) is 5.26 Å². The van der Waals surface area contributed by atoms with Crippen LogP contribution in [0.15, 0.2) is 53.9 Å². The fourth-order valence-electron chi connectivity index (χ4n) is 2.34. The molecule has 6 nitrogen and oxygen atoms in total. The first kappa shape index (κ1) is 19.2. The van der Waals surface area contributed by atoms with E-state index in [1.807, 2.05) is 6.07 Å². The summed E-state index contributed by atoms with van der Waals surface area (Å²) in [4.78, 5) is 28.4. The van der Waals surface area contributed by atoms with Crippen LogP contribution in [0, 0.1) is 17.1 Å². The highest BCUT2D eigenvalue weighted by atomic mass is 32.1. The van der Waals surface area contributed by atoms with Crippen molar-refractivity contribution in [3.63, 3.8) is 0 Å². The molecule has 0 saturated carbocycles. The van der Waals surface area contributed by atoms with Gasteiger partial charge in [-0.25, -0.2) is 9.37 Å². The average Bonchev–Trinajstić information content (AvgIpc) is 3.15. The Morgan fingerprint density at radius 2 is 1.79 bits per heavy atom. The Hall–Kier alpha value is -3.57. The van der Waals surface area contributed by atoms with E-state index in [1.54, 1.807) is 29.6 Å². The van der Waals surface area contributed by atoms with E-state index in [4.69, 9.17) is 5.26 Å². The normalized spacial score (nSPS) is 10.1. The van der Waals surface area contributed by atoms with Crippen molar-refractivity contribution in [2.75, 3.05) is 10.6 Å². The maximum Gasteiger partial charge on any atom is 0.257 e. The molecule has 0 aliphatic carbocycles. The fourth-order valence-corrected chi connectivity index (χ4v) is 3.08. The predicted octanol–water partition coefficient (Wildman–Crippen LogP) is 3.98. The van der Waals surface area contributed by atoms with Crippen LogP contribution in [0.5, 0.6) is 0 Å². The number of aryl methyl sites for hydroxylation is 1. The van der Waals surface area contributed by atoms with Crippen LogP contribution in [0.25, 0.3) is 0 Å². The van der Waals surface area contributed by atoms with E-state index < -0.39 is 5.82 Å². The molecule has 0 spiro atoms. The van der Waals surface area contributed by atoms with Crippen molar-refractivity contribution in [2.45, 2.75) is 12.8 Å². The zero-order valence-corrected chi connectivity index (χ0v) is 15.4. The topological polar surface area (TPSA) is 94.9 Å². The minimum Gasteiger partial charge on any atom is -0.326 e. The molecule has 0 saturated heterocycles. The first-order valence-corrected chi connectivity index (χ1v) is 9.23. The van der Waals surface area contributed by atoms with Crippen molar-refractivity contribution in [3.8, 4) is 6.07 Å². The van der Waals surface area contributed by atoms with E-state index in [-0.39, 0.29) is 18.2 Å². The van der Waals surface area contributed by atoms with E-state index >= 15 is 0 Å². The Morgan fingerprint density at radius 3 is 2.46 bits per heavy atom. The van der Waals surface area contributed by atoms with Gasteiger partial charge in [-0.15, -0.1) is 11.3 Å². The molecular formula is C20H15FN4O2S. The van der Waals surface area contributed by atoms with Crippen molar-refractivity contribution in [2.24, 2.45) is 0 Å². The number of hydrogen-bond acceptors (Lipinski definition) is 5. The minimum atomic E-state index is -0.410. The van der Waals surface area contributed by atoms with Crippen molar-refractivity contribution in [1.29, 1.82) is 5.26 Å². The number of rotatable bonds is 6. The molecule has 0 aliphatic heterocycles. The van der Waals surface area contributed by atoms with Gasteiger partial charge in [0, 0.05) is 23.1 Å². The molecule has 0 radical (unpaired) electrons. The van der Waals surface area contributed by atoms with E-state index in [1.165, 1.54) is 35.6 Å². The zero-order chi connectivity index (χ0) is 19.9. The molecule has 28 heavy (non-hydrogen) atoms. The van der Waals surface area contributed by atoms with Gasteiger partial charge in [0.2, 0.25) is 5.91 Å². The molecule has 0 atom stereocenters. The lowest BCUT2D eigenvalue weighted by Crippen LogP contribution is -2.13. The van der Waals surface area contributed by atoms with Crippen molar-refractivity contribution in [1.82, 2.24) is 4.98 Å². The average molecular weight is 394 g/mol. The number of thiazole rings is 1. The molecule has 2 amide bonds. The summed E-state index contributed by atoms with van der Waals surface area (Å²) in [6.45, 7) is 0. The lowest BCUT2D eigenvalue weighted by Gasteiger charge is -2.04. The summed E-state index contributed by atoms with van der Waals surface area (Å²) in [5, 5.41) is 16.4. The number of nitriles is 1. The van der Waals surface area contributed by atoms with Crippen LogP contribution in [0.4, 0.5) is 15.2 Å². The van der Waals surface area contributed by atoms with E-state index in [0.29, 0.717) is 34.1 Å². The van der Waals surface area contributed by atoms with Crippen LogP contribution in [-0.4, -0.2) is 16.8 Å².